The first kappa shape index (κ1) is 63.8. The molecular weight excluding hydrogens is 1190 g/mol. The molecule has 0 radical (unpaired) electrons. The summed E-state index contributed by atoms with van der Waals surface area (Å²) in [6, 6.07) is 16.9. The van der Waals surface area contributed by atoms with E-state index in [1.807, 2.05) is 27.7 Å². The van der Waals surface area contributed by atoms with Crippen molar-refractivity contribution in [3.8, 4) is 0 Å². The molecule has 0 aliphatic rings. The van der Waals surface area contributed by atoms with Gasteiger partial charge in [0.15, 0.2) is 11.6 Å². The first-order valence-corrected chi connectivity index (χ1v) is 24.9. The zero-order valence-electron chi connectivity index (χ0n) is 46.1. The molecule has 386 valence electrons. The molecule has 2 aromatic rings. The number of nitrogens with two attached hydrogens (primary N) is 2. The van der Waals surface area contributed by atoms with Crippen LogP contribution in [0.2, 0.25) is 2.82 Å². The van der Waals surface area contributed by atoms with Crippen molar-refractivity contribution >= 4 is 11.6 Å². The molecule has 0 heterocycles. The van der Waals surface area contributed by atoms with Crippen molar-refractivity contribution in [2.45, 2.75) is 125 Å². The maximum atomic E-state index is 12.7. The van der Waals surface area contributed by atoms with Crippen molar-refractivity contribution in [3.63, 3.8) is 0 Å². The first-order chi connectivity index (χ1) is 32.8. The van der Waals surface area contributed by atoms with Gasteiger partial charge in [0.2, 0.25) is 0 Å². The molecule has 8 nitrogen and oxygen atoms in total. The molecule has 0 aliphatic heterocycles. The van der Waals surface area contributed by atoms with Crippen LogP contribution < -0.4 is 32.7 Å². The van der Waals surface area contributed by atoms with E-state index in [0.717, 1.165) is 117 Å². The number of hydrogen-bond donors (Lipinski definition) is 6. The molecule has 0 aliphatic carbocycles. The van der Waals surface area contributed by atoms with Crippen LogP contribution in [0.5, 0.6) is 0 Å². The van der Waals surface area contributed by atoms with Gasteiger partial charge in [-0.3, -0.25) is 9.59 Å². The Balaban J connectivity index is 0. The summed E-state index contributed by atoms with van der Waals surface area (Å²) in [5.74, 6) is 1.61. The summed E-state index contributed by atoms with van der Waals surface area (Å²) in [6.07, 6.45) is 12.7. The van der Waals surface area contributed by atoms with Crippen molar-refractivity contribution in [3.05, 3.63) is 157 Å². The van der Waals surface area contributed by atoms with Crippen LogP contribution in [-0.4, -0.2) is 63.9 Å². The summed E-state index contributed by atoms with van der Waals surface area (Å²) < 4.78 is 14.8. The number of nitrogens with one attached hydrogen (secondary N) is 4. The Morgan fingerprint density at radius 3 is 1.41 bits per heavy atom. The standard InChI is InChI=1S/C31H50N3O.C28H44N3O.2W/c1-23(2)11-12-25(5)17-19-34-27(7)30(21-32)10-8-9-18-33-22-31(35)26(6)29-15-13-28(14-16-29)20-24(3)4;1-20(2)8-9-22(5)14-15-31-24(7)27(17-29)18-30-19-28(32)23(6)26-12-10-25(11-13-26)16-21(3)4;;/h11,13-16,24,26,30,33-34H,1,5,7-10,12,17-22,32H2,2-4,6H3;8,10-13,21,23,27,30-31H,1,5,7,9,14-19,29H2,2-4,6H3;;/q2*-1;;/i/hD2. The summed E-state index contributed by atoms with van der Waals surface area (Å²) in [5.41, 5.74) is 16.1. The van der Waals surface area contributed by atoms with E-state index in [0.29, 0.717) is 44.6 Å². The Kier molecular flexibility index (Phi) is 36.4. The normalized spacial score (nSPS) is 12.8. The summed E-state index contributed by atoms with van der Waals surface area (Å²) in [5, 5.41) is 13.4. The second-order valence-corrected chi connectivity index (χ2v) is 19.6. The largest absolute Gasteiger partial charge is 0.388 e. The predicted molar refractivity (Wildman–Crippen MR) is 291 cm³/mol. The number of benzene rings is 2. The van der Waals surface area contributed by atoms with E-state index >= 15 is 0 Å². The summed E-state index contributed by atoms with van der Waals surface area (Å²) >= 11 is 0. The van der Waals surface area contributed by atoms with Crippen molar-refractivity contribution in [1.82, 2.24) is 21.3 Å². The van der Waals surface area contributed by atoms with E-state index in [1.165, 1.54) is 16.7 Å². The molecule has 2 rings (SSSR count). The van der Waals surface area contributed by atoms with Gasteiger partial charge in [0, 0.05) is 110 Å². The Labute approximate surface area is 453 Å². The molecule has 0 aromatic heterocycles. The van der Waals surface area contributed by atoms with Gasteiger partial charge < -0.3 is 32.7 Å². The van der Waals surface area contributed by atoms with Gasteiger partial charge in [0.25, 0.3) is 0 Å². The van der Waals surface area contributed by atoms with E-state index in [-0.39, 0.29) is 77.4 Å². The minimum absolute atomic E-state index is 0. The molecule has 10 heteroatoms. The maximum absolute atomic E-state index is 12.7. The Bertz CT molecular complexity index is 1870. The molecule has 4 unspecified atom stereocenters. The van der Waals surface area contributed by atoms with Crippen molar-refractivity contribution in [2.75, 3.05) is 52.4 Å². The van der Waals surface area contributed by atoms with Crippen LogP contribution in [0.4, 0.5) is 0 Å². The molecule has 0 amide bonds. The number of carbonyl (C=O) groups excluding carboxylic acids is 2. The number of ketones is 2. The minimum atomic E-state index is -0.151. The van der Waals surface area contributed by atoms with Crippen LogP contribution in [0.1, 0.15) is 134 Å². The van der Waals surface area contributed by atoms with Gasteiger partial charge in [-0.1, -0.05) is 147 Å². The van der Waals surface area contributed by atoms with E-state index in [2.05, 4.69) is 161 Å². The Morgan fingerprint density at radius 2 is 1.00 bits per heavy atom. The third kappa shape index (κ3) is 31.7. The third-order valence-electron chi connectivity index (χ3n) is 12.0. The van der Waals surface area contributed by atoms with Crippen molar-refractivity contribution in [2.24, 2.45) is 35.1 Å². The van der Waals surface area contributed by atoms with Gasteiger partial charge in [0.05, 0.1) is 13.1 Å². The SMILES string of the molecule is [2H]NCC(CCCCNCC(=O)C(C)c1ccc(CC(C)C)cc1)C(=C)NCCC(=C)C[CH-]C(=C)C.[2H]NCC(CNCC(=O)C(C)c1ccc(CC(C)C)cc1)C(=C)NCCC(=C)C[CH-]C(=C)C.[W].[W]. The van der Waals surface area contributed by atoms with Gasteiger partial charge in [-0.2, -0.15) is 0 Å². The zero-order valence-corrected chi connectivity index (χ0v) is 50.0. The van der Waals surface area contributed by atoms with E-state index in [1.54, 1.807) is 0 Å². The van der Waals surface area contributed by atoms with E-state index < -0.39 is 0 Å². The van der Waals surface area contributed by atoms with E-state index in [9.17, 15) is 9.59 Å². The monoisotopic (exact) mass is 1290 g/mol. The molecule has 0 saturated carbocycles. The second-order valence-electron chi connectivity index (χ2n) is 19.6. The molecular formula is C59H94N6O2W2-2. The van der Waals surface area contributed by atoms with E-state index in [4.69, 9.17) is 2.82 Å². The van der Waals surface area contributed by atoms with Crippen LogP contribution in [0, 0.1) is 36.5 Å². The number of hydrogen-bond acceptors (Lipinski definition) is 8. The average Bonchev–Trinajstić information content (AvgIpc) is 3.30. The van der Waals surface area contributed by atoms with Gasteiger partial charge in [-0.15, -0.1) is 13.2 Å². The molecule has 0 fully saturated rings. The summed E-state index contributed by atoms with van der Waals surface area (Å²) in [7, 11) is 0. The number of rotatable bonds is 39. The topological polar surface area (TPSA) is 134 Å². The van der Waals surface area contributed by atoms with Gasteiger partial charge in [-0.25, -0.2) is 37.1 Å². The van der Waals surface area contributed by atoms with Gasteiger partial charge in [-0.05, 0) is 79.2 Å². The molecule has 2 aromatic carbocycles. The average molecular weight is 1290 g/mol. The molecule has 69 heavy (non-hydrogen) atoms. The fourth-order valence-electron chi connectivity index (χ4n) is 7.38. The Hall–Kier alpha value is -3.22. The van der Waals surface area contributed by atoms with Crippen LogP contribution >= 0.6 is 0 Å². The molecule has 0 spiro atoms. The summed E-state index contributed by atoms with van der Waals surface area (Å²) in [6.45, 7) is 45.8. The smallest absolute Gasteiger partial charge is 0.153 e. The number of allylic oxidation sites excluding steroid dienone is 2. The Morgan fingerprint density at radius 1 is 0.594 bits per heavy atom. The van der Waals surface area contributed by atoms with Crippen LogP contribution in [0.3, 0.4) is 0 Å². The van der Waals surface area contributed by atoms with Crippen molar-refractivity contribution < 1.29 is 54.5 Å². The zero-order chi connectivity index (χ0) is 51.7. The quantitative estimate of drug-likeness (QED) is 0.0221. The van der Waals surface area contributed by atoms with Crippen molar-refractivity contribution in [1.29, 1.82) is 0 Å². The van der Waals surface area contributed by atoms with Crippen LogP contribution in [-0.2, 0) is 64.6 Å². The predicted octanol–water partition coefficient (Wildman–Crippen LogP) is 11.0. The number of unbranched alkanes of at least 4 members (excludes halogenated alkanes) is 1. The maximum Gasteiger partial charge on any atom is 0.153 e. The summed E-state index contributed by atoms with van der Waals surface area (Å²) in [4.78, 5) is 25.3. The molecule has 8 N–H and O–H groups in total. The number of carbonyl (C=O) groups is 2. The fraction of sp³-hybridized carbons (Fsp3) is 0.525. The van der Waals surface area contributed by atoms with Gasteiger partial charge in [0.1, 0.15) is 2.82 Å². The number of Topliss-reactive ketones (excluding diaryl/α,β-unsaturated/α-hetero) is 2. The fourth-order valence-corrected chi connectivity index (χ4v) is 7.38. The minimum Gasteiger partial charge on any atom is -0.388 e. The van der Waals surface area contributed by atoms with Crippen LogP contribution in [0.25, 0.3) is 0 Å². The second kappa shape index (κ2) is 39.4. The van der Waals surface area contributed by atoms with Crippen LogP contribution in [0.15, 0.2) is 122 Å². The third-order valence-corrected chi connectivity index (χ3v) is 12.0. The molecule has 0 saturated heterocycles. The first-order valence-electron chi connectivity index (χ1n) is 25.9. The molecule has 4 atom stereocenters. The van der Waals surface area contributed by atoms with Gasteiger partial charge >= 0.3 is 0 Å². The molecule has 0 bridgehead atoms.